The van der Waals surface area contributed by atoms with E-state index >= 15 is 0 Å². The summed E-state index contributed by atoms with van der Waals surface area (Å²) in [4.78, 5) is 22.4. The molecule has 0 aliphatic carbocycles. The van der Waals surface area contributed by atoms with Gasteiger partial charge in [-0.05, 0) is 51.2 Å². The lowest BCUT2D eigenvalue weighted by molar-refractivity contribution is -0.138. The van der Waals surface area contributed by atoms with Gasteiger partial charge in [-0.25, -0.2) is 9.59 Å². The van der Waals surface area contributed by atoms with Crippen molar-refractivity contribution in [2.45, 2.75) is 97.2 Å². The van der Waals surface area contributed by atoms with E-state index in [9.17, 15) is 9.59 Å². The Hall–Kier alpha value is -1.84. The number of carbonyl (C=O) groups is 2. The normalized spacial score (nSPS) is 12.3. The molecule has 0 aliphatic heterocycles. The maximum Gasteiger partial charge on any atom is 0.333 e. The minimum Gasteiger partial charge on any atom is -0.501 e. The second-order valence-corrected chi connectivity index (χ2v) is 14.6. The van der Waals surface area contributed by atoms with E-state index in [1.165, 1.54) is 50.4 Å². The number of ether oxygens (including phenoxy) is 5. The molecule has 0 aromatic heterocycles. The van der Waals surface area contributed by atoms with E-state index in [4.69, 9.17) is 28.1 Å². The highest BCUT2D eigenvalue weighted by Gasteiger charge is 2.40. The van der Waals surface area contributed by atoms with Crippen LogP contribution in [0.25, 0.3) is 0 Å². The Morgan fingerprint density at radius 1 is 0.676 bits per heavy atom. The highest BCUT2D eigenvalue weighted by atomic mass is 28.4. The molecule has 216 valence electrons. The number of hydrogen-bond donors (Lipinski definition) is 0. The topological polar surface area (TPSA) is 89.5 Å². The van der Waals surface area contributed by atoms with E-state index in [1.807, 2.05) is 0 Å². The lowest BCUT2D eigenvalue weighted by Crippen LogP contribution is -2.43. The molecule has 0 bridgehead atoms. The fraction of sp³-hybridized carbons (Fsp3) is 0.786. The van der Waals surface area contributed by atoms with E-state index in [2.05, 4.69) is 26.9 Å². The van der Waals surface area contributed by atoms with Gasteiger partial charge in [0.05, 0.1) is 51.1 Å². The first-order chi connectivity index (χ1) is 17.7. The van der Waals surface area contributed by atoms with Gasteiger partial charge in [0.15, 0.2) is 8.32 Å². The van der Waals surface area contributed by atoms with Crippen molar-refractivity contribution in [3.05, 3.63) is 24.7 Å². The summed E-state index contributed by atoms with van der Waals surface area (Å²) < 4.78 is 32.3. The maximum absolute atomic E-state index is 11.3. The van der Waals surface area contributed by atoms with Gasteiger partial charge in [0, 0.05) is 26.2 Å². The minimum absolute atomic E-state index is 0.0657. The van der Waals surface area contributed by atoms with Crippen molar-refractivity contribution in [3.63, 3.8) is 0 Å². The Morgan fingerprint density at radius 3 is 1.73 bits per heavy atom. The second-order valence-electron chi connectivity index (χ2n) is 9.93. The van der Waals surface area contributed by atoms with Crippen LogP contribution in [0, 0.1) is 0 Å². The van der Waals surface area contributed by atoms with Crippen LogP contribution in [-0.2, 0) is 37.7 Å². The number of unbranched alkanes of at least 4 members (excludes halogenated alkanes) is 5. The fourth-order valence-electron chi connectivity index (χ4n) is 3.22. The third kappa shape index (κ3) is 19.9. The first-order valence-corrected chi connectivity index (χ1v) is 16.7. The van der Waals surface area contributed by atoms with E-state index in [-0.39, 0.29) is 17.0 Å². The molecular formula is C28H52O8Si. The minimum atomic E-state index is -1.88. The highest BCUT2D eigenvalue weighted by molar-refractivity contribution is 6.74. The van der Waals surface area contributed by atoms with Crippen LogP contribution in [0.15, 0.2) is 24.7 Å². The van der Waals surface area contributed by atoms with Gasteiger partial charge in [-0.1, -0.05) is 39.5 Å². The number of rotatable bonds is 24. The van der Waals surface area contributed by atoms with Gasteiger partial charge in [-0.2, -0.15) is 0 Å². The Morgan fingerprint density at radius 2 is 1.16 bits per heavy atom. The predicted octanol–water partition coefficient (Wildman–Crippen LogP) is 6.31. The quantitative estimate of drug-likeness (QED) is 0.0459. The SMILES string of the molecule is CCOC(=O)C=COCCCOCCCCCCCCO[Si](C)(C)C(C)(C)CCOC=CC(=O)OCC. The zero-order valence-electron chi connectivity index (χ0n) is 24.2. The third-order valence-electron chi connectivity index (χ3n) is 6.35. The van der Waals surface area contributed by atoms with Gasteiger partial charge < -0.3 is 28.1 Å². The van der Waals surface area contributed by atoms with Crippen LogP contribution in [0.1, 0.15) is 79.1 Å². The summed E-state index contributed by atoms with van der Waals surface area (Å²) in [5.74, 6) is -0.768. The van der Waals surface area contributed by atoms with Gasteiger partial charge >= 0.3 is 11.9 Å². The largest absolute Gasteiger partial charge is 0.501 e. The zero-order chi connectivity index (χ0) is 27.8. The molecule has 0 radical (unpaired) electrons. The Bertz CT molecular complexity index is 646. The van der Waals surface area contributed by atoms with Crippen LogP contribution >= 0.6 is 0 Å². The molecule has 0 N–H and O–H groups in total. The Labute approximate surface area is 226 Å². The lowest BCUT2D eigenvalue weighted by atomic mass is 10.1. The summed E-state index contributed by atoms with van der Waals surface area (Å²) in [6.07, 6.45) is 14.0. The van der Waals surface area contributed by atoms with Crippen LogP contribution in [0.4, 0.5) is 0 Å². The highest BCUT2D eigenvalue weighted by Crippen LogP contribution is 2.41. The third-order valence-corrected chi connectivity index (χ3v) is 10.8. The molecule has 0 aliphatic rings. The fourth-order valence-corrected chi connectivity index (χ4v) is 4.97. The van der Waals surface area contributed by atoms with Gasteiger partial charge in [0.25, 0.3) is 0 Å². The summed E-state index contributed by atoms with van der Waals surface area (Å²) in [6.45, 7) is 16.6. The molecule has 0 saturated carbocycles. The monoisotopic (exact) mass is 544 g/mol. The van der Waals surface area contributed by atoms with E-state index in [0.717, 1.165) is 38.9 Å². The molecule has 0 fully saturated rings. The lowest BCUT2D eigenvalue weighted by Gasteiger charge is -2.39. The standard InChI is InChI=1S/C28H52O8Si/c1-7-34-26(29)16-23-32-21-15-20-31-19-13-11-9-10-12-14-22-36-37(5,6)28(3,4)18-25-33-24-17-27(30)35-8-2/h16-17,23-24H,7-15,18-22,25H2,1-6H3. The Balaban J connectivity index is 3.67. The summed E-state index contributed by atoms with van der Waals surface area (Å²) in [5, 5.41) is 0.0657. The summed E-state index contributed by atoms with van der Waals surface area (Å²) in [5.41, 5.74) is 0. The molecule has 0 aromatic rings. The molecule has 0 spiro atoms. The second kappa shape index (κ2) is 22.2. The first-order valence-electron chi connectivity index (χ1n) is 13.8. The molecule has 0 heterocycles. The average molecular weight is 545 g/mol. The van der Waals surface area contributed by atoms with Crippen molar-refractivity contribution in [1.82, 2.24) is 0 Å². The van der Waals surface area contributed by atoms with E-state index < -0.39 is 8.32 Å². The Kier molecular flexibility index (Phi) is 21.1. The van der Waals surface area contributed by atoms with Crippen LogP contribution in [-0.4, -0.2) is 66.5 Å². The molecule has 0 atom stereocenters. The van der Waals surface area contributed by atoms with Gasteiger partial charge in [-0.3, -0.25) is 0 Å². The molecule has 8 nitrogen and oxygen atoms in total. The molecule has 0 saturated heterocycles. The molecule has 0 unspecified atom stereocenters. The van der Waals surface area contributed by atoms with Gasteiger partial charge in [-0.15, -0.1) is 0 Å². The average Bonchev–Trinajstić information content (AvgIpc) is 2.83. The number of esters is 2. The molecule has 0 amide bonds. The molecular weight excluding hydrogens is 492 g/mol. The van der Waals surface area contributed by atoms with Crippen LogP contribution in [0.3, 0.4) is 0 Å². The molecule has 37 heavy (non-hydrogen) atoms. The van der Waals surface area contributed by atoms with E-state index in [0.29, 0.717) is 33.0 Å². The maximum atomic E-state index is 11.3. The van der Waals surface area contributed by atoms with Crippen molar-refractivity contribution in [2.75, 3.05) is 46.2 Å². The molecule has 9 heteroatoms. The van der Waals surface area contributed by atoms with Crippen LogP contribution in [0.2, 0.25) is 18.1 Å². The zero-order valence-corrected chi connectivity index (χ0v) is 25.2. The molecule has 0 aromatic carbocycles. The van der Waals surface area contributed by atoms with Gasteiger partial charge in [0.2, 0.25) is 0 Å². The summed E-state index contributed by atoms with van der Waals surface area (Å²) in [7, 11) is -1.88. The van der Waals surface area contributed by atoms with E-state index in [1.54, 1.807) is 13.8 Å². The van der Waals surface area contributed by atoms with Crippen LogP contribution < -0.4 is 0 Å². The van der Waals surface area contributed by atoms with Crippen LogP contribution in [0.5, 0.6) is 0 Å². The van der Waals surface area contributed by atoms with Crippen molar-refractivity contribution in [1.29, 1.82) is 0 Å². The van der Waals surface area contributed by atoms with Crippen molar-refractivity contribution >= 4 is 20.3 Å². The number of carbonyl (C=O) groups excluding carboxylic acids is 2. The first kappa shape index (κ1) is 35.2. The smallest absolute Gasteiger partial charge is 0.333 e. The molecule has 0 rings (SSSR count). The van der Waals surface area contributed by atoms with Crippen molar-refractivity contribution < 1.29 is 37.7 Å². The predicted molar refractivity (Wildman–Crippen MR) is 149 cm³/mol. The summed E-state index contributed by atoms with van der Waals surface area (Å²) >= 11 is 0. The van der Waals surface area contributed by atoms with Crippen molar-refractivity contribution in [3.8, 4) is 0 Å². The number of hydrogen-bond acceptors (Lipinski definition) is 8. The van der Waals surface area contributed by atoms with Gasteiger partial charge in [0.1, 0.15) is 0 Å². The summed E-state index contributed by atoms with van der Waals surface area (Å²) in [6, 6.07) is 0. The van der Waals surface area contributed by atoms with Crippen molar-refractivity contribution in [2.24, 2.45) is 0 Å².